The molecule has 12 heavy (non-hydrogen) atoms. The third-order valence-corrected chi connectivity index (χ3v) is 2.50. The zero-order chi connectivity index (χ0) is 9.19. The fourth-order valence-electron chi connectivity index (χ4n) is 1.37. The normalized spacial score (nSPS) is 29.7. The van der Waals surface area contributed by atoms with E-state index in [4.69, 9.17) is 5.11 Å². The number of allylic oxidation sites excluding steroid dienone is 1. The summed E-state index contributed by atoms with van der Waals surface area (Å²) in [6.45, 7) is 1.60. The highest BCUT2D eigenvalue weighted by Crippen LogP contribution is 2.29. The molecular formula is C8H13NO3. The lowest BCUT2D eigenvalue weighted by molar-refractivity contribution is -0.574. The van der Waals surface area contributed by atoms with Crippen LogP contribution in [0.3, 0.4) is 0 Å². The monoisotopic (exact) mass is 171 g/mol. The minimum atomic E-state index is -1.10. The number of nitro groups is 1. The van der Waals surface area contributed by atoms with E-state index in [1.54, 1.807) is 0 Å². The number of aliphatic hydroxyl groups is 1. The van der Waals surface area contributed by atoms with Crippen LogP contribution in [0.25, 0.3) is 0 Å². The van der Waals surface area contributed by atoms with Gasteiger partial charge in [-0.2, -0.15) is 0 Å². The van der Waals surface area contributed by atoms with E-state index in [-0.39, 0.29) is 11.5 Å². The molecule has 1 N–H and O–H groups in total. The summed E-state index contributed by atoms with van der Waals surface area (Å²) in [4.78, 5) is 10.3. The van der Waals surface area contributed by atoms with Crippen LogP contribution in [0.15, 0.2) is 11.6 Å². The third kappa shape index (κ3) is 1.48. The first-order chi connectivity index (χ1) is 5.60. The Hall–Kier alpha value is -0.900. The van der Waals surface area contributed by atoms with Crippen molar-refractivity contribution < 1.29 is 10.0 Å². The van der Waals surface area contributed by atoms with E-state index in [9.17, 15) is 10.1 Å². The Kier molecular flexibility index (Phi) is 2.47. The lowest BCUT2D eigenvalue weighted by Gasteiger charge is -2.25. The molecule has 4 heteroatoms. The van der Waals surface area contributed by atoms with Gasteiger partial charge in [0.2, 0.25) is 5.54 Å². The maximum absolute atomic E-state index is 10.6. The van der Waals surface area contributed by atoms with Gasteiger partial charge in [0.15, 0.2) is 0 Å². The van der Waals surface area contributed by atoms with Gasteiger partial charge in [-0.25, -0.2) is 0 Å². The van der Waals surface area contributed by atoms with E-state index in [0.717, 1.165) is 6.42 Å². The molecule has 0 amide bonds. The number of hydrogen-bond donors (Lipinski definition) is 1. The lowest BCUT2D eigenvalue weighted by atomic mass is 9.84. The summed E-state index contributed by atoms with van der Waals surface area (Å²) in [5.41, 5.74) is 0.0837. The zero-order valence-electron chi connectivity index (χ0n) is 7.12. The molecule has 1 atom stereocenters. The average molecular weight is 171 g/mol. The lowest BCUT2D eigenvalue weighted by Crippen LogP contribution is -2.43. The van der Waals surface area contributed by atoms with Gasteiger partial charge in [-0.15, -0.1) is 0 Å². The van der Waals surface area contributed by atoms with Gasteiger partial charge in [0, 0.05) is 17.8 Å². The molecule has 0 aromatic carbocycles. The second-order valence-corrected chi connectivity index (χ2v) is 3.39. The van der Waals surface area contributed by atoms with E-state index < -0.39 is 5.54 Å². The first-order valence-corrected chi connectivity index (χ1v) is 4.02. The topological polar surface area (TPSA) is 63.4 Å². The fourth-order valence-corrected chi connectivity index (χ4v) is 1.37. The number of hydrogen-bond acceptors (Lipinski definition) is 3. The molecule has 1 unspecified atom stereocenters. The second-order valence-electron chi connectivity index (χ2n) is 3.39. The predicted octanol–water partition coefficient (Wildman–Crippen LogP) is 1.12. The van der Waals surface area contributed by atoms with E-state index >= 15 is 0 Å². The first-order valence-electron chi connectivity index (χ1n) is 4.02. The van der Waals surface area contributed by atoms with Gasteiger partial charge >= 0.3 is 0 Å². The Balaban J connectivity index is 2.78. The van der Waals surface area contributed by atoms with Crippen molar-refractivity contribution >= 4 is 0 Å². The molecule has 0 aromatic rings. The van der Waals surface area contributed by atoms with Gasteiger partial charge in [0.25, 0.3) is 0 Å². The number of rotatable bonds is 2. The van der Waals surface area contributed by atoms with Crippen LogP contribution in [-0.4, -0.2) is 22.2 Å². The fraction of sp³-hybridized carbons (Fsp3) is 0.750. The molecular weight excluding hydrogens is 158 g/mol. The smallest absolute Gasteiger partial charge is 0.248 e. The summed E-state index contributed by atoms with van der Waals surface area (Å²) >= 11 is 0. The predicted molar refractivity (Wildman–Crippen MR) is 44.4 cm³/mol. The Bertz CT molecular complexity index is 224. The minimum Gasteiger partial charge on any atom is -0.389 e. The summed E-state index contributed by atoms with van der Waals surface area (Å²) in [7, 11) is 0. The summed E-state index contributed by atoms with van der Waals surface area (Å²) < 4.78 is 0. The van der Waals surface area contributed by atoms with Crippen molar-refractivity contribution in [2.45, 2.75) is 31.7 Å². The van der Waals surface area contributed by atoms with Gasteiger partial charge in [-0.1, -0.05) is 11.6 Å². The zero-order valence-corrected chi connectivity index (χ0v) is 7.12. The van der Waals surface area contributed by atoms with Gasteiger partial charge in [0.05, 0.1) is 0 Å². The van der Waals surface area contributed by atoms with Crippen LogP contribution < -0.4 is 0 Å². The van der Waals surface area contributed by atoms with Crippen LogP contribution in [0.4, 0.5) is 0 Å². The Morgan fingerprint density at radius 2 is 2.50 bits per heavy atom. The maximum atomic E-state index is 10.6. The minimum absolute atomic E-state index is 0.351. The average Bonchev–Trinajstić information content (AvgIpc) is 2.06. The van der Waals surface area contributed by atoms with E-state index in [1.165, 1.54) is 5.57 Å². The maximum Gasteiger partial charge on any atom is 0.248 e. The Labute approximate surface area is 71.0 Å². The molecule has 4 nitrogen and oxygen atoms in total. The largest absolute Gasteiger partial charge is 0.389 e. The molecule has 68 valence electrons. The van der Waals surface area contributed by atoms with Gasteiger partial charge in [0.1, 0.15) is 6.61 Å². The number of nitrogens with zero attached hydrogens (tertiary/aromatic N) is 1. The molecule has 0 spiro atoms. The number of aliphatic hydroxyl groups excluding tert-OH is 1. The van der Waals surface area contributed by atoms with Crippen LogP contribution in [0.5, 0.6) is 0 Å². The quantitative estimate of drug-likeness (QED) is 0.384. The highest BCUT2D eigenvalue weighted by molar-refractivity contribution is 5.07. The van der Waals surface area contributed by atoms with Crippen LogP contribution in [0.1, 0.15) is 26.2 Å². The van der Waals surface area contributed by atoms with Crippen molar-refractivity contribution in [2.75, 3.05) is 6.61 Å². The van der Waals surface area contributed by atoms with E-state index in [2.05, 4.69) is 0 Å². The van der Waals surface area contributed by atoms with Crippen molar-refractivity contribution in [3.05, 3.63) is 21.8 Å². The molecule has 0 aromatic heterocycles. The highest BCUT2D eigenvalue weighted by atomic mass is 16.6. The molecule has 0 heterocycles. The van der Waals surface area contributed by atoms with Crippen LogP contribution in [-0.2, 0) is 0 Å². The third-order valence-electron chi connectivity index (χ3n) is 2.50. The van der Waals surface area contributed by atoms with Crippen molar-refractivity contribution in [1.29, 1.82) is 0 Å². The molecule has 0 saturated heterocycles. The summed E-state index contributed by atoms with van der Waals surface area (Å²) in [6, 6.07) is 0. The molecule has 0 radical (unpaired) electrons. The Morgan fingerprint density at radius 1 is 1.83 bits per heavy atom. The van der Waals surface area contributed by atoms with E-state index in [0.29, 0.717) is 12.8 Å². The van der Waals surface area contributed by atoms with Crippen molar-refractivity contribution in [1.82, 2.24) is 0 Å². The molecule has 0 bridgehead atoms. The summed E-state index contributed by atoms with van der Waals surface area (Å²) in [6.07, 6.45) is 3.39. The van der Waals surface area contributed by atoms with Crippen molar-refractivity contribution in [3.8, 4) is 0 Å². The van der Waals surface area contributed by atoms with Crippen LogP contribution in [0, 0.1) is 10.1 Å². The van der Waals surface area contributed by atoms with E-state index in [1.807, 2.05) is 13.0 Å². The van der Waals surface area contributed by atoms with Gasteiger partial charge in [-0.05, 0) is 13.3 Å². The molecule has 1 rings (SSSR count). The highest BCUT2D eigenvalue weighted by Gasteiger charge is 2.42. The molecule has 1 aliphatic carbocycles. The van der Waals surface area contributed by atoms with Crippen molar-refractivity contribution in [3.63, 3.8) is 0 Å². The molecule has 1 aliphatic rings. The van der Waals surface area contributed by atoms with Gasteiger partial charge < -0.3 is 5.11 Å². The molecule has 0 saturated carbocycles. The summed E-state index contributed by atoms with van der Waals surface area (Å²) in [5.74, 6) is 0. The summed E-state index contributed by atoms with van der Waals surface area (Å²) in [5, 5.41) is 19.6. The van der Waals surface area contributed by atoms with Crippen LogP contribution in [0.2, 0.25) is 0 Å². The second kappa shape index (κ2) is 3.23. The Morgan fingerprint density at radius 3 is 2.83 bits per heavy atom. The standard InChI is InChI=1S/C8H13NO3/c1-7-2-4-8(6-10,5-3-7)9(11)12/h2,10H,3-6H2,1H3. The van der Waals surface area contributed by atoms with Gasteiger partial charge in [-0.3, -0.25) is 10.1 Å². The molecule has 0 aliphatic heterocycles. The SMILES string of the molecule is CC1=CCC(CO)([N+](=O)[O-])CC1. The van der Waals surface area contributed by atoms with Crippen molar-refractivity contribution in [2.24, 2.45) is 0 Å². The molecule has 0 fully saturated rings. The van der Waals surface area contributed by atoms with Crippen LogP contribution >= 0.6 is 0 Å². The first kappa shape index (κ1) is 9.19.